The fourth-order valence-electron chi connectivity index (χ4n) is 2.70. The molecule has 29 heavy (non-hydrogen) atoms. The van der Waals surface area contributed by atoms with Gasteiger partial charge in [0.1, 0.15) is 17.6 Å². The van der Waals surface area contributed by atoms with Crippen molar-refractivity contribution in [1.82, 2.24) is 14.9 Å². The number of carbonyl (C=O) groups is 1. The average molecular weight is 424 g/mol. The van der Waals surface area contributed by atoms with Gasteiger partial charge in [0.05, 0.1) is 5.56 Å². The number of carbonyl (C=O) groups excluding carboxylic acids is 1. The summed E-state index contributed by atoms with van der Waals surface area (Å²) in [6.07, 6.45) is -1.06. The van der Waals surface area contributed by atoms with Gasteiger partial charge in [0.25, 0.3) is 5.91 Å². The molecule has 2 aromatic carbocycles. The van der Waals surface area contributed by atoms with E-state index in [2.05, 4.69) is 10.3 Å². The lowest BCUT2D eigenvalue weighted by Crippen LogP contribution is -2.34. The minimum Gasteiger partial charge on any atom is -0.484 e. The largest absolute Gasteiger partial charge is 0.484 e. The third-order valence-electron chi connectivity index (χ3n) is 4.18. The number of ether oxygens (including phenoxy) is 1. The lowest BCUT2D eigenvalue weighted by Gasteiger charge is -2.19. The first-order chi connectivity index (χ1) is 13.7. The molecule has 5 nitrogen and oxygen atoms in total. The smallest absolute Gasteiger partial charge is 0.416 e. The van der Waals surface area contributed by atoms with E-state index < -0.39 is 23.7 Å². The summed E-state index contributed by atoms with van der Waals surface area (Å²) >= 11 is 5.94. The molecule has 0 radical (unpaired) electrons. The van der Waals surface area contributed by atoms with Gasteiger partial charge in [0, 0.05) is 24.5 Å². The highest BCUT2D eigenvalue weighted by molar-refractivity contribution is 6.30. The summed E-state index contributed by atoms with van der Waals surface area (Å²) in [5.74, 6) is 0.316. The first-order valence-corrected chi connectivity index (χ1v) is 8.94. The molecule has 0 bridgehead atoms. The number of halogens is 4. The summed E-state index contributed by atoms with van der Waals surface area (Å²) in [5.41, 5.74) is -0.0153. The van der Waals surface area contributed by atoms with Crippen LogP contribution in [-0.4, -0.2) is 22.1 Å². The Kier molecular flexibility index (Phi) is 6.12. The third kappa shape index (κ3) is 5.29. The van der Waals surface area contributed by atoms with E-state index in [4.69, 9.17) is 16.3 Å². The monoisotopic (exact) mass is 423 g/mol. The van der Waals surface area contributed by atoms with E-state index in [0.717, 1.165) is 17.7 Å². The Hall–Kier alpha value is -3.00. The molecule has 3 rings (SSSR count). The number of aromatic nitrogens is 2. The maximum Gasteiger partial charge on any atom is 0.416 e. The van der Waals surface area contributed by atoms with Crippen LogP contribution in [0.3, 0.4) is 0 Å². The highest BCUT2D eigenvalue weighted by atomic mass is 35.5. The molecule has 0 aliphatic rings. The Morgan fingerprint density at radius 2 is 1.83 bits per heavy atom. The zero-order chi connectivity index (χ0) is 21.0. The first-order valence-electron chi connectivity index (χ1n) is 8.56. The molecule has 1 atom stereocenters. The van der Waals surface area contributed by atoms with Gasteiger partial charge in [-0.25, -0.2) is 4.98 Å². The molecule has 9 heteroatoms. The number of alkyl halides is 3. The van der Waals surface area contributed by atoms with Crippen molar-refractivity contribution in [1.29, 1.82) is 0 Å². The van der Waals surface area contributed by atoms with E-state index in [1.807, 2.05) is 0 Å². The van der Waals surface area contributed by atoms with Gasteiger partial charge in [-0.05, 0) is 42.0 Å². The Bertz CT molecular complexity index is 970. The molecule has 0 aliphatic carbocycles. The van der Waals surface area contributed by atoms with Gasteiger partial charge in [-0.2, -0.15) is 13.2 Å². The zero-order valence-electron chi connectivity index (χ0n) is 15.3. The van der Waals surface area contributed by atoms with Crippen LogP contribution >= 0.6 is 11.6 Å². The first kappa shape index (κ1) is 20.7. The summed E-state index contributed by atoms with van der Waals surface area (Å²) in [6.45, 7) is -0.361. The standard InChI is InChI=1S/C20H17ClF3N3O2/c1-27-11-10-25-19(27)18(13-2-6-15(21)7-3-13)26-17(28)12-29-16-8-4-14(5-9-16)20(22,23)24/h2-11,18H,12H2,1H3,(H,26,28). The topological polar surface area (TPSA) is 56.2 Å². The molecule has 152 valence electrons. The second kappa shape index (κ2) is 8.57. The number of nitrogens with one attached hydrogen (secondary N) is 1. The second-order valence-corrected chi connectivity index (χ2v) is 6.70. The van der Waals surface area contributed by atoms with Gasteiger partial charge in [-0.15, -0.1) is 0 Å². The van der Waals surface area contributed by atoms with E-state index in [1.54, 1.807) is 48.3 Å². The number of nitrogens with zero attached hydrogens (tertiary/aromatic N) is 2. The number of hydrogen-bond donors (Lipinski definition) is 1. The van der Waals surface area contributed by atoms with E-state index >= 15 is 0 Å². The fourth-order valence-corrected chi connectivity index (χ4v) is 2.83. The quantitative estimate of drug-likeness (QED) is 0.640. The molecule has 1 heterocycles. The highest BCUT2D eigenvalue weighted by Gasteiger charge is 2.30. The van der Waals surface area contributed by atoms with E-state index in [-0.39, 0.29) is 12.4 Å². The number of rotatable bonds is 6. The van der Waals surface area contributed by atoms with Crippen LogP contribution in [0.4, 0.5) is 13.2 Å². The van der Waals surface area contributed by atoms with Gasteiger partial charge >= 0.3 is 6.18 Å². The molecule has 3 aromatic rings. The average Bonchev–Trinajstić information content (AvgIpc) is 3.10. The third-order valence-corrected chi connectivity index (χ3v) is 4.43. The maximum absolute atomic E-state index is 12.6. The van der Waals surface area contributed by atoms with Crippen LogP contribution < -0.4 is 10.1 Å². The molecule has 0 aliphatic heterocycles. The van der Waals surface area contributed by atoms with Crippen molar-refractivity contribution in [2.45, 2.75) is 12.2 Å². The van der Waals surface area contributed by atoms with Gasteiger partial charge in [0.15, 0.2) is 6.61 Å². The maximum atomic E-state index is 12.6. The molecular formula is C20H17ClF3N3O2. The van der Waals surface area contributed by atoms with Gasteiger partial charge in [0.2, 0.25) is 0 Å². The lowest BCUT2D eigenvalue weighted by atomic mass is 10.1. The molecule has 0 spiro atoms. The summed E-state index contributed by atoms with van der Waals surface area (Å²) in [6, 6.07) is 10.6. The molecule has 1 N–H and O–H groups in total. The van der Waals surface area contributed by atoms with Crippen molar-refractivity contribution in [3.8, 4) is 5.75 Å². The normalized spacial score (nSPS) is 12.4. The van der Waals surface area contributed by atoms with Crippen LogP contribution in [0.15, 0.2) is 60.9 Å². The van der Waals surface area contributed by atoms with Crippen molar-refractivity contribution in [3.63, 3.8) is 0 Å². The Morgan fingerprint density at radius 3 is 2.38 bits per heavy atom. The van der Waals surface area contributed by atoms with Gasteiger partial charge in [-0.1, -0.05) is 23.7 Å². The molecular weight excluding hydrogens is 407 g/mol. The van der Waals surface area contributed by atoms with E-state index in [0.29, 0.717) is 10.8 Å². The number of amides is 1. The second-order valence-electron chi connectivity index (χ2n) is 6.26. The SMILES string of the molecule is Cn1ccnc1C(NC(=O)COc1ccc(C(F)(F)F)cc1)c1ccc(Cl)cc1. The van der Waals surface area contributed by atoms with Crippen LogP contribution in [0.25, 0.3) is 0 Å². The molecule has 0 fully saturated rings. The van der Waals surface area contributed by atoms with Crippen LogP contribution in [-0.2, 0) is 18.0 Å². The number of imidazole rings is 1. The predicted molar refractivity (Wildman–Crippen MR) is 102 cm³/mol. The summed E-state index contributed by atoms with van der Waals surface area (Å²) in [7, 11) is 1.80. The number of benzene rings is 2. The minimum atomic E-state index is -4.43. The summed E-state index contributed by atoms with van der Waals surface area (Å²) < 4.78 is 44.9. The van der Waals surface area contributed by atoms with Gasteiger partial charge < -0.3 is 14.6 Å². The van der Waals surface area contributed by atoms with Crippen LogP contribution in [0.2, 0.25) is 5.02 Å². The Morgan fingerprint density at radius 1 is 1.17 bits per heavy atom. The fraction of sp³-hybridized carbons (Fsp3) is 0.200. The van der Waals surface area contributed by atoms with Crippen LogP contribution in [0.1, 0.15) is 23.0 Å². The minimum absolute atomic E-state index is 0.160. The zero-order valence-corrected chi connectivity index (χ0v) is 16.0. The Balaban J connectivity index is 1.69. The predicted octanol–water partition coefficient (Wildman–Crippen LogP) is 4.38. The van der Waals surface area contributed by atoms with Crippen molar-refractivity contribution in [2.24, 2.45) is 7.05 Å². The van der Waals surface area contributed by atoms with Crippen LogP contribution in [0, 0.1) is 0 Å². The molecule has 1 amide bonds. The van der Waals surface area contributed by atoms with E-state index in [9.17, 15) is 18.0 Å². The summed E-state index contributed by atoms with van der Waals surface area (Å²) in [4.78, 5) is 16.7. The molecule has 1 unspecified atom stereocenters. The number of aryl methyl sites for hydroxylation is 1. The van der Waals surface area contributed by atoms with Gasteiger partial charge in [-0.3, -0.25) is 4.79 Å². The van der Waals surface area contributed by atoms with Crippen molar-refractivity contribution >= 4 is 17.5 Å². The van der Waals surface area contributed by atoms with Crippen LogP contribution in [0.5, 0.6) is 5.75 Å². The molecule has 1 aromatic heterocycles. The molecule has 0 saturated heterocycles. The molecule has 0 saturated carbocycles. The van der Waals surface area contributed by atoms with E-state index in [1.165, 1.54) is 12.1 Å². The van der Waals surface area contributed by atoms with Crippen molar-refractivity contribution in [2.75, 3.05) is 6.61 Å². The van der Waals surface area contributed by atoms with Crippen molar-refractivity contribution < 1.29 is 22.7 Å². The number of hydrogen-bond acceptors (Lipinski definition) is 3. The van der Waals surface area contributed by atoms with Crippen molar-refractivity contribution in [3.05, 3.63) is 82.9 Å². The highest BCUT2D eigenvalue weighted by Crippen LogP contribution is 2.30. The Labute approximate surface area is 170 Å². The summed E-state index contributed by atoms with van der Waals surface area (Å²) in [5, 5.41) is 3.39. The lowest BCUT2D eigenvalue weighted by molar-refractivity contribution is -0.137.